The first-order valence-corrected chi connectivity index (χ1v) is 7.83. The number of urea groups is 1. The van der Waals surface area contributed by atoms with Crippen molar-refractivity contribution in [3.05, 3.63) is 35.9 Å². The van der Waals surface area contributed by atoms with Crippen LogP contribution in [-0.4, -0.2) is 29.6 Å². The van der Waals surface area contributed by atoms with Crippen molar-refractivity contribution >= 4 is 17.9 Å². The molecule has 0 fully saturated rings. The van der Waals surface area contributed by atoms with Crippen LogP contribution in [0.25, 0.3) is 0 Å². The Kier molecular flexibility index (Phi) is 6.12. The Hall–Kier alpha value is -2.37. The molecule has 2 N–H and O–H groups in total. The second-order valence-electron chi connectivity index (χ2n) is 7.23. The van der Waals surface area contributed by atoms with E-state index in [9.17, 15) is 14.4 Å². The Bertz CT molecular complexity index is 603. The Morgan fingerprint density at radius 2 is 1.54 bits per heavy atom. The predicted octanol–water partition coefficient (Wildman–Crippen LogP) is 2.52. The monoisotopic (exact) mass is 334 g/mol. The van der Waals surface area contributed by atoms with Gasteiger partial charge in [0.05, 0.1) is 5.41 Å². The molecule has 24 heavy (non-hydrogen) atoms. The molecule has 0 aromatic heterocycles. The highest BCUT2D eigenvalue weighted by molar-refractivity contribution is 5.97. The van der Waals surface area contributed by atoms with Crippen LogP contribution in [0.1, 0.15) is 47.1 Å². The summed E-state index contributed by atoms with van der Waals surface area (Å²) in [7, 11) is 0. The number of amides is 3. The summed E-state index contributed by atoms with van der Waals surface area (Å²) in [5.41, 5.74) is -0.587. The fourth-order valence-electron chi connectivity index (χ4n) is 1.92. The Morgan fingerprint density at radius 1 is 1.00 bits per heavy atom. The molecular formula is C18H26N2O4. The van der Waals surface area contributed by atoms with E-state index in [2.05, 4.69) is 10.6 Å². The third kappa shape index (κ3) is 5.68. The SMILES string of the molecule is C[C@@H](OC(=O)C(C)(C)c1ccccc1)C(=O)NC(=O)NC(C)(C)C. The van der Waals surface area contributed by atoms with Crippen LogP contribution in [0.5, 0.6) is 0 Å². The maximum absolute atomic E-state index is 12.4. The first-order chi connectivity index (χ1) is 10.9. The van der Waals surface area contributed by atoms with E-state index in [1.807, 2.05) is 30.3 Å². The molecule has 6 heteroatoms. The number of rotatable bonds is 4. The van der Waals surface area contributed by atoms with Gasteiger partial charge in [0.15, 0.2) is 6.10 Å². The Morgan fingerprint density at radius 3 is 2.04 bits per heavy atom. The van der Waals surface area contributed by atoms with Crippen molar-refractivity contribution < 1.29 is 19.1 Å². The number of hydrogen-bond donors (Lipinski definition) is 2. The third-order valence-corrected chi connectivity index (χ3v) is 3.38. The number of ether oxygens (including phenoxy) is 1. The van der Waals surface area contributed by atoms with Crippen molar-refractivity contribution in [3.8, 4) is 0 Å². The minimum Gasteiger partial charge on any atom is -0.452 e. The molecule has 3 amide bonds. The quantitative estimate of drug-likeness (QED) is 0.829. The molecule has 132 valence electrons. The number of carbonyl (C=O) groups excluding carboxylic acids is 3. The largest absolute Gasteiger partial charge is 0.452 e. The first kappa shape index (κ1) is 19.7. The second kappa shape index (κ2) is 7.47. The summed E-state index contributed by atoms with van der Waals surface area (Å²) < 4.78 is 5.23. The van der Waals surface area contributed by atoms with Crippen molar-refractivity contribution in [3.63, 3.8) is 0 Å². The molecule has 1 aromatic carbocycles. The number of benzene rings is 1. The van der Waals surface area contributed by atoms with Crippen molar-refractivity contribution in [2.75, 3.05) is 0 Å². The third-order valence-electron chi connectivity index (χ3n) is 3.38. The summed E-state index contributed by atoms with van der Waals surface area (Å²) in [6.45, 7) is 10.3. The Labute approximate surface area is 143 Å². The summed E-state index contributed by atoms with van der Waals surface area (Å²) in [4.78, 5) is 36.1. The van der Waals surface area contributed by atoms with Gasteiger partial charge in [-0.1, -0.05) is 30.3 Å². The van der Waals surface area contributed by atoms with Crippen molar-refractivity contribution in [1.82, 2.24) is 10.6 Å². The van der Waals surface area contributed by atoms with E-state index in [4.69, 9.17) is 4.74 Å². The summed E-state index contributed by atoms with van der Waals surface area (Å²) in [5.74, 6) is -1.21. The molecule has 0 heterocycles. The van der Waals surface area contributed by atoms with E-state index < -0.39 is 35.0 Å². The van der Waals surface area contributed by atoms with E-state index in [1.165, 1.54) is 6.92 Å². The molecule has 0 spiro atoms. The molecule has 0 saturated heterocycles. The topological polar surface area (TPSA) is 84.5 Å². The fourth-order valence-corrected chi connectivity index (χ4v) is 1.92. The lowest BCUT2D eigenvalue weighted by Crippen LogP contribution is -2.51. The normalized spacial score (nSPS) is 12.9. The van der Waals surface area contributed by atoms with Gasteiger partial charge >= 0.3 is 12.0 Å². The summed E-state index contributed by atoms with van der Waals surface area (Å²) in [6.07, 6.45) is -1.08. The van der Waals surface area contributed by atoms with Gasteiger partial charge in [0.25, 0.3) is 5.91 Å². The molecule has 0 aliphatic heterocycles. The molecule has 0 aliphatic carbocycles. The number of imide groups is 1. The van der Waals surface area contributed by atoms with Crippen LogP contribution in [-0.2, 0) is 19.7 Å². The van der Waals surface area contributed by atoms with Gasteiger partial charge in [0.1, 0.15) is 0 Å². The molecular weight excluding hydrogens is 308 g/mol. The van der Waals surface area contributed by atoms with Crippen LogP contribution in [0.2, 0.25) is 0 Å². The molecule has 0 saturated carbocycles. The molecule has 0 radical (unpaired) electrons. The zero-order chi connectivity index (χ0) is 18.5. The van der Waals surface area contributed by atoms with Crippen LogP contribution < -0.4 is 10.6 Å². The van der Waals surface area contributed by atoms with E-state index in [-0.39, 0.29) is 0 Å². The van der Waals surface area contributed by atoms with E-state index in [0.29, 0.717) is 0 Å². The lowest BCUT2D eigenvalue weighted by molar-refractivity contribution is -0.159. The number of carbonyl (C=O) groups is 3. The first-order valence-electron chi connectivity index (χ1n) is 7.83. The number of esters is 1. The highest BCUT2D eigenvalue weighted by Gasteiger charge is 2.34. The fraction of sp³-hybridized carbons (Fsp3) is 0.500. The zero-order valence-corrected chi connectivity index (χ0v) is 15.1. The maximum atomic E-state index is 12.4. The van der Waals surface area contributed by atoms with Gasteiger partial charge in [-0.2, -0.15) is 0 Å². The summed E-state index contributed by atoms with van der Waals surface area (Å²) >= 11 is 0. The van der Waals surface area contributed by atoms with Crippen LogP contribution in [0, 0.1) is 0 Å². The molecule has 0 aliphatic rings. The van der Waals surface area contributed by atoms with Crippen LogP contribution in [0.3, 0.4) is 0 Å². The van der Waals surface area contributed by atoms with Gasteiger partial charge in [0.2, 0.25) is 0 Å². The predicted molar refractivity (Wildman–Crippen MR) is 91.4 cm³/mol. The van der Waals surface area contributed by atoms with Gasteiger partial charge in [0, 0.05) is 5.54 Å². The van der Waals surface area contributed by atoms with E-state index >= 15 is 0 Å². The average molecular weight is 334 g/mol. The minimum atomic E-state index is -1.08. The lowest BCUT2D eigenvalue weighted by atomic mass is 9.85. The molecule has 6 nitrogen and oxygen atoms in total. The van der Waals surface area contributed by atoms with Gasteiger partial charge in [-0.05, 0) is 47.1 Å². The smallest absolute Gasteiger partial charge is 0.321 e. The standard InChI is InChI=1S/C18H26N2O4/c1-12(14(21)19-16(23)20-17(2,3)4)24-15(22)18(5,6)13-10-8-7-9-11-13/h7-12H,1-6H3,(H2,19,20,21,23)/t12-/m1/s1. The van der Waals surface area contributed by atoms with E-state index in [1.54, 1.807) is 34.6 Å². The van der Waals surface area contributed by atoms with Crippen molar-refractivity contribution in [2.24, 2.45) is 0 Å². The van der Waals surface area contributed by atoms with Gasteiger partial charge in [-0.15, -0.1) is 0 Å². The molecule has 1 rings (SSSR count). The maximum Gasteiger partial charge on any atom is 0.321 e. The average Bonchev–Trinajstić information content (AvgIpc) is 2.45. The number of hydrogen-bond acceptors (Lipinski definition) is 4. The zero-order valence-electron chi connectivity index (χ0n) is 15.1. The van der Waals surface area contributed by atoms with Crippen LogP contribution in [0.4, 0.5) is 4.79 Å². The van der Waals surface area contributed by atoms with Gasteiger partial charge < -0.3 is 10.1 Å². The number of nitrogens with one attached hydrogen (secondary N) is 2. The van der Waals surface area contributed by atoms with E-state index in [0.717, 1.165) is 5.56 Å². The molecule has 0 unspecified atom stereocenters. The highest BCUT2D eigenvalue weighted by Crippen LogP contribution is 2.25. The van der Waals surface area contributed by atoms with Crippen molar-refractivity contribution in [2.45, 2.75) is 58.6 Å². The minimum absolute atomic E-state index is 0.473. The summed E-state index contributed by atoms with van der Waals surface area (Å²) in [6, 6.07) is 8.53. The van der Waals surface area contributed by atoms with Crippen molar-refractivity contribution in [1.29, 1.82) is 0 Å². The summed E-state index contributed by atoms with van der Waals surface area (Å²) in [5, 5.41) is 4.77. The van der Waals surface area contributed by atoms with Gasteiger partial charge in [-0.3, -0.25) is 14.9 Å². The van der Waals surface area contributed by atoms with Gasteiger partial charge in [-0.25, -0.2) is 4.79 Å². The van der Waals surface area contributed by atoms with Crippen LogP contribution >= 0.6 is 0 Å². The second-order valence-corrected chi connectivity index (χ2v) is 7.23. The highest BCUT2D eigenvalue weighted by atomic mass is 16.5. The lowest BCUT2D eigenvalue weighted by Gasteiger charge is -2.25. The van der Waals surface area contributed by atoms with Crippen LogP contribution in [0.15, 0.2) is 30.3 Å². The molecule has 0 bridgehead atoms. The Balaban J connectivity index is 2.66. The molecule has 1 atom stereocenters. The molecule has 1 aromatic rings.